The van der Waals surface area contributed by atoms with Crippen LogP contribution in [0.5, 0.6) is 28.7 Å². The van der Waals surface area contributed by atoms with Crippen molar-refractivity contribution in [3.63, 3.8) is 0 Å². The molecular weight excluding hydrogens is 465 g/mol. The van der Waals surface area contributed by atoms with E-state index in [1.807, 2.05) is 42.5 Å². The van der Waals surface area contributed by atoms with Crippen LogP contribution in [0, 0.1) is 5.92 Å². The van der Waals surface area contributed by atoms with Crippen LogP contribution >= 0.6 is 11.3 Å². The fourth-order valence-electron chi connectivity index (χ4n) is 4.40. The highest BCUT2D eigenvalue weighted by Crippen LogP contribution is 2.47. The Morgan fingerprint density at radius 3 is 2.43 bits per heavy atom. The third kappa shape index (κ3) is 5.21. The summed E-state index contributed by atoms with van der Waals surface area (Å²) in [7, 11) is 0. The van der Waals surface area contributed by atoms with Crippen molar-refractivity contribution >= 4 is 21.4 Å². The first-order valence-electron chi connectivity index (χ1n) is 11.8. The molecule has 0 spiro atoms. The van der Waals surface area contributed by atoms with Crippen LogP contribution < -0.4 is 9.47 Å². The molecule has 4 aromatic rings. The van der Waals surface area contributed by atoms with Crippen LogP contribution in [0.4, 0.5) is 4.39 Å². The standard InChI is InChI=1S/C28H28FNO4S/c1-18(30-13-12-19(15-29)16-30)17-33-23-7-9-24(10-8-23)34-27-25-14-22(32)6-11-26(25)35-28(27)20-2-4-21(31)5-3-20/h2-11,14,18-19,31-32H,12-13,15-17H2,1H3/t18-,19-/m0/s1. The predicted molar refractivity (Wildman–Crippen MR) is 138 cm³/mol. The van der Waals surface area contributed by atoms with E-state index in [0.29, 0.717) is 18.1 Å². The molecule has 2 N–H and O–H groups in total. The van der Waals surface area contributed by atoms with Gasteiger partial charge in [0, 0.05) is 28.6 Å². The summed E-state index contributed by atoms with van der Waals surface area (Å²) in [6, 6.07) is 19.9. The van der Waals surface area contributed by atoms with Gasteiger partial charge in [0.2, 0.25) is 0 Å². The number of thiophene rings is 1. The third-order valence-electron chi connectivity index (χ3n) is 6.45. The molecule has 0 aliphatic carbocycles. The first-order chi connectivity index (χ1) is 17.0. The number of aromatic hydroxyl groups is 2. The summed E-state index contributed by atoms with van der Waals surface area (Å²) in [5.74, 6) is 2.58. The molecule has 0 radical (unpaired) electrons. The van der Waals surface area contributed by atoms with Gasteiger partial charge in [-0.3, -0.25) is 9.29 Å². The lowest BCUT2D eigenvalue weighted by Crippen LogP contribution is -2.35. The molecule has 3 aromatic carbocycles. The summed E-state index contributed by atoms with van der Waals surface area (Å²) >= 11 is 1.57. The Morgan fingerprint density at radius 1 is 1.00 bits per heavy atom. The van der Waals surface area contributed by atoms with E-state index in [2.05, 4.69) is 11.8 Å². The number of likely N-dealkylation sites (tertiary alicyclic amines) is 1. The maximum absolute atomic E-state index is 12.9. The first kappa shape index (κ1) is 23.5. The zero-order chi connectivity index (χ0) is 24.4. The summed E-state index contributed by atoms with van der Waals surface area (Å²) in [5, 5.41) is 20.6. The maximum Gasteiger partial charge on any atom is 0.153 e. The van der Waals surface area contributed by atoms with Gasteiger partial charge < -0.3 is 19.7 Å². The maximum atomic E-state index is 12.9. The quantitative estimate of drug-likeness (QED) is 0.282. The molecule has 2 heterocycles. The van der Waals surface area contributed by atoms with Crippen molar-refractivity contribution in [2.45, 2.75) is 19.4 Å². The van der Waals surface area contributed by atoms with Gasteiger partial charge in [-0.05, 0) is 92.2 Å². The number of nitrogens with zero attached hydrogens (tertiary/aromatic N) is 1. The molecule has 0 unspecified atom stereocenters. The smallest absolute Gasteiger partial charge is 0.153 e. The summed E-state index contributed by atoms with van der Waals surface area (Å²) in [4.78, 5) is 3.20. The molecule has 7 heteroatoms. The van der Waals surface area contributed by atoms with Gasteiger partial charge >= 0.3 is 0 Å². The van der Waals surface area contributed by atoms with Gasteiger partial charge in [0.1, 0.15) is 29.6 Å². The Hall–Kier alpha value is -3.29. The van der Waals surface area contributed by atoms with Gasteiger partial charge in [0.25, 0.3) is 0 Å². The highest BCUT2D eigenvalue weighted by atomic mass is 32.1. The normalized spacial score (nSPS) is 17.0. The first-order valence-corrected chi connectivity index (χ1v) is 12.6. The van der Waals surface area contributed by atoms with Crippen LogP contribution in [0.1, 0.15) is 13.3 Å². The fourth-order valence-corrected chi connectivity index (χ4v) is 5.52. The highest BCUT2D eigenvalue weighted by Gasteiger charge is 2.26. The van der Waals surface area contributed by atoms with Gasteiger partial charge in [0.15, 0.2) is 5.75 Å². The minimum Gasteiger partial charge on any atom is -0.508 e. The van der Waals surface area contributed by atoms with Crippen molar-refractivity contribution in [2.75, 3.05) is 26.4 Å². The monoisotopic (exact) mass is 493 g/mol. The van der Waals surface area contributed by atoms with E-state index in [0.717, 1.165) is 45.8 Å². The number of hydrogen-bond donors (Lipinski definition) is 2. The van der Waals surface area contributed by atoms with Crippen molar-refractivity contribution in [1.82, 2.24) is 4.90 Å². The van der Waals surface area contributed by atoms with Crippen LogP contribution in [0.15, 0.2) is 66.7 Å². The van der Waals surface area contributed by atoms with Gasteiger partial charge in [-0.25, -0.2) is 0 Å². The van der Waals surface area contributed by atoms with Crippen molar-refractivity contribution in [2.24, 2.45) is 5.92 Å². The Bertz CT molecular complexity index is 1290. The average molecular weight is 494 g/mol. The summed E-state index contributed by atoms with van der Waals surface area (Å²) in [6.07, 6.45) is 0.911. The largest absolute Gasteiger partial charge is 0.508 e. The van der Waals surface area contributed by atoms with Crippen LogP contribution in [0.25, 0.3) is 20.5 Å². The fraction of sp³-hybridized carbons (Fsp3) is 0.286. The Morgan fingerprint density at radius 2 is 1.71 bits per heavy atom. The number of halogens is 1. The molecule has 1 aromatic heterocycles. The molecule has 5 rings (SSSR count). The van der Waals surface area contributed by atoms with E-state index in [1.165, 1.54) is 0 Å². The van der Waals surface area contributed by atoms with Crippen molar-refractivity contribution in [1.29, 1.82) is 0 Å². The zero-order valence-corrected chi connectivity index (χ0v) is 20.3. The number of alkyl halides is 1. The minimum atomic E-state index is -0.251. The second kappa shape index (κ2) is 10.1. The molecule has 1 aliphatic rings. The molecule has 35 heavy (non-hydrogen) atoms. The molecule has 0 bridgehead atoms. The van der Waals surface area contributed by atoms with Crippen molar-refractivity contribution < 1.29 is 24.1 Å². The summed E-state index contributed by atoms with van der Waals surface area (Å²) < 4.78 is 26.2. The molecule has 2 atom stereocenters. The van der Waals surface area contributed by atoms with Crippen LogP contribution in [-0.2, 0) is 0 Å². The topological polar surface area (TPSA) is 62.2 Å². The number of rotatable bonds is 8. The van der Waals surface area contributed by atoms with Crippen LogP contribution in [-0.4, -0.2) is 47.5 Å². The van der Waals surface area contributed by atoms with Gasteiger partial charge in [0.05, 0.1) is 11.6 Å². The van der Waals surface area contributed by atoms with E-state index in [-0.39, 0.29) is 30.1 Å². The molecule has 0 saturated carbocycles. The number of fused-ring (bicyclic) bond motifs is 1. The summed E-state index contributed by atoms with van der Waals surface area (Å²) in [6.45, 7) is 4.11. The molecule has 1 saturated heterocycles. The molecule has 5 nitrogen and oxygen atoms in total. The van der Waals surface area contributed by atoms with E-state index in [9.17, 15) is 14.6 Å². The number of ether oxygens (including phenoxy) is 2. The Kier molecular flexibility index (Phi) is 6.79. The van der Waals surface area contributed by atoms with E-state index < -0.39 is 0 Å². The second-order valence-corrected chi connectivity index (χ2v) is 10.1. The molecule has 182 valence electrons. The van der Waals surface area contributed by atoms with E-state index in [1.54, 1.807) is 35.6 Å². The number of benzene rings is 3. The average Bonchev–Trinajstić information content (AvgIpc) is 3.49. The lowest BCUT2D eigenvalue weighted by molar-refractivity contribution is 0.165. The molecule has 1 aliphatic heterocycles. The number of phenolic OH excluding ortho intramolecular Hbond substituents is 2. The Labute approximate surface area is 208 Å². The number of hydrogen-bond acceptors (Lipinski definition) is 6. The SMILES string of the molecule is C[C@@H](COc1ccc(Oc2c(-c3ccc(O)cc3)sc3ccc(O)cc23)cc1)N1CC[C@@H](CF)C1. The minimum absolute atomic E-state index is 0.149. The van der Waals surface area contributed by atoms with Crippen LogP contribution in [0.3, 0.4) is 0 Å². The van der Waals surface area contributed by atoms with E-state index >= 15 is 0 Å². The van der Waals surface area contributed by atoms with Gasteiger partial charge in [-0.2, -0.15) is 0 Å². The third-order valence-corrected chi connectivity index (χ3v) is 7.65. The van der Waals surface area contributed by atoms with Crippen LogP contribution in [0.2, 0.25) is 0 Å². The summed E-state index contributed by atoms with van der Waals surface area (Å²) in [5.41, 5.74) is 0.921. The van der Waals surface area contributed by atoms with Crippen molar-refractivity contribution in [3.05, 3.63) is 66.7 Å². The second-order valence-electron chi connectivity index (χ2n) is 9.03. The van der Waals surface area contributed by atoms with E-state index in [4.69, 9.17) is 9.47 Å². The van der Waals surface area contributed by atoms with Gasteiger partial charge in [-0.1, -0.05) is 0 Å². The molecular formula is C28H28FNO4S. The van der Waals surface area contributed by atoms with Gasteiger partial charge in [-0.15, -0.1) is 11.3 Å². The lowest BCUT2D eigenvalue weighted by Gasteiger charge is -2.24. The molecule has 0 amide bonds. The Balaban J connectivity index is 1.32. The highest BCUT2D eigenvalue weighted by molar-refractivity contribution is 7.22. The predicted octanol–water partition coefficient (Wildman–Crippen LogP) is 6.83. The number of phenols is 2. The lowest BCUT2D eigenvalue weighted by atomic mass is 10.1. The zero-order valence-electron chi connectivity index (χ0n) is 19.5. The van der Waals surface area contributed by atoms with Crippen molar-refractivity contribution in [3.8, 4) is 39.2 Å². The molecule has 1 fully saturated rings.